The number of hydrogen-bond acceptors (Lipinski definition) is 7. The number of ether oxygens (including phenoxy) is 4. The van der Waals surface area contributed by atoms with Gasteiger partial charge in [0, 0.05) is 29.7 Å². The maximum Gasteiger partial charge on any atom is 0.228 e. The lowest BCUT2D eigenvalue weighted by molar-refractivity contribution is -0.120. The Bertz CT molecular complexity index is 1070. The van der Waals surface area contributed by atoms with E-state index in [0.717, 1.165) is 18.4 Å². The van der Waals surface area contributed by atoms with E-state index in [4.69, 9.17) is 23.9 Å². The Kier molecular flexibility index (Phi) is 8.29. The zero-order valence-corrected chi connectivity index (χ0v) is 20.5. The lowest BCUT2D eigenvalue weighted by Crippen LogP contribution is -2.22. The molecular formula is C26H31N3O5. The van der Waals surface area contributed by atoms with Crippen molar-refractivity contribution >= 4 is 11.7 Å². The smallest absolute Gasteiger partial charge is 0.228 e. The highest BCUT2D eigenvalue weighted by Gasteiger charge is 2.19. The van der Waals surface area contributed by atoms with E-state index in [-0.39, 0.29) is 11.8 Å². The summed E-state index contributed by atoms with van der Waals surface area (Å²) in [5, 5.41) is 2.96. The van der Waals surface area contributed by atoms with Crippen molar-refractivity contribution in [1.82, 2.24) is 9.97 Å². The molecule has 0 radical (unpaired) electrons. The summed E-state index contributed by atoms with van der Waals surface area (Å²) in [6.45, 7) is 3.99. The van der Waals surface area contributed by atoms with E-state index in [2.05, 4.69) is 10.3 Å². The first-order chi connectivity index (χ1) is 16.5. The first kappa shape index (κ1) is 24.8. The molecule has 0 atom stereocenters. The van der Waals surface area contributed by atoms with E-state index in [9.17, 15) is 4.79 Å². The van der Waals surface area contributed by atoms with Crippen LogP contribution in [0.15, 0.2) is 42.5 Å². The van der Waals surface area contributed by atoms with Crippen LogP contribution in [0.2, 0.25) is 0 Å². The molecule has 0 aliphatic heterocycles. The van der Waals surface area contributed by atoms with Gasteiger partial charge in [-0.05, 0) is 37.1 Å². The van der Waals surface area contributed by atoms with Crippen LogP contribution in [0.4, 0.5) is 5.82 Å². The van der Waals surface area contributed by atoms with E-state index in [1.54, 1.807) is 46.6 Å². The van der Waals surface area contributed by atoms with E-state index < -0.39 is 0 Å². The molecule has 0 bridgehead atoms. The molecule has 8 nitrogen and oxygen atoms in total. The second kappa shape index (κ2) is 11.4. The molecule has 1 amide bonds. The number of hydrogen-bond donors (Lipinski definition) is 1. The molecule has 0 spiro atoms. The summed E-state index contributed by atoms with van der Waals surface area (Å²) in [4.78, 5) is 22.3. The van der Waals surface area contributed by atoms with Crippen molar-refractivity contribution in [3.63, 3.8) is 0 Å². The summed E-state index contributed by atoms with van der Waals surface area (Å²) in [5.74, 6) is 3.06. The van der Waals surface area contributed by atoms with Gasteiger partial charge < -0.3 is 24.3 Å². The van der Waals surface area contributed by atoms with Gasteiger partial charge in [0.15, 0.2) is 5.82 Å². The van der Waals surface area contributed by atoms with Crippen LogP contribution >= 0.6 is 0 Å². The second-order valence-electron chi connectivity index (χ2n) is 7.60. The fourth-order valence-corrected chi connectivity index (χ4v) is 3.65. The van der Waals surface area contributed by atoms with Crippen LogP contribution < -0.4 is 24.3 Å². The third kappa shape index (κ3) is 5.39. The van der Waals surface area contributed by atoms with Gasteiger partial charge in [-0.1, -0.05) is 13.8 Å². The summed E-state index contributed by atoms with van der Waals surface area (Å²) in [6.07, 6.45) is 1.48. The maximum atomic E-state index is 12.8. The van der Waals surface area contributed by atoms with Crippen molar-refractivity contribution in [2.45, 2.75) is 26.7 Å². The van der Waals surface area contributed by atoms with Gasteiger partial charge in [-0.25, -0.2) is 9.97 Å². The Balaban J connectivity index is 2.18. The molecule has 1 heterocycles. The highest BCUT2D eigenvalue weighted by atomic mass is 16.5. The molecule has 3 aromatic rings. The maximum absolute atomic E-state index is 12.8. The minimum absolute atomic E-state index is 0.0796. The number of aromatic nitrogens is 2. The van der Waals surface area contributed by atoms with Crippen LogP contribution in [-0.2, 0) is 4.79 Å². The number of carbonyl (C=O) groups excluding carboxylic acids is 1. The molecule has 0 aliphatic rings. The Morgan fingerprint density at radius 3 is 1.88 bits per heavy atom. The zero-order chi connectivity index (χ0) is 24.7. The normalized spacial score (nSPS) is 10.7. The third-order valence-electron chi connectivity index (χ3n) is 5.67. The second-order valence-corrected chi connectivity index (χ2v) is 7.60. The third-order valence-corrected chi connectivity index (χ3v) is 5.67. The van der Waals surface area contributed by atoms with Crippen LogP contribution in [0.5, 0.6) is 23.0 Å². The standard InChI is InChI=1S/C26H31N3O5/c1-7-16(8-2)26(30)29-24-15-21(19-11-9-17(31-3)13-22(19)33-5)27-25(28-24)20-12-10-18(32-4)14-23(20)34-6/h9-16H,7-8H2,1-6H3,(H,27,28,29,30). The van der Waals surface area contributed by atoms with E-state index in [1.807, 2.05) is 38.1 Å². The van der Waals surface area contributed by atoms with Crippen molar-refractivity contribution in [2.24, 2.45) is 5.92 Å². The van der Waals surface area contributed by atoms with Crippen LogP contribution in [0.1, 0.15) is 26.7 Å². The van der Waals surface area contributed by atoms with Crippen molar-refractivity contribution in [3.05, 3.63) is 42.5 Å². The van der Waals surface area contributed by atoms with Crippen molar-refractivity contribution in [1.29, 1.82) is 0 Å². The molecule has 1 N–H and O–H groups in total. The number of amides is 1. The summed E-state index contributed by atoms with van der Waals surface area (Å²) in [5.41, 5.74) is 1.98. The van der Waals surface area contributed by atoms with E-state index in [0.29, 0.717) is 45.9 Å². The Hall–Kier alpha value is -3.81. The van der Waals surface area contributed by atoms with Crippen LogP contribution in [0.25, 0.3) is 22.6 Å². The van der Waals surface area contributed by atoms with Crippen molar-refractivity contribution in [3.8, 4) is 45.6 Å². The molecule has 180 valence electrons. The van der Waals surface area contributed by atoms with Gasteiger partial charge in [-0.3, -0.25) is 4.79 Å². The lowest BCUT2D eigenvalue weighted by atomic mass is 10.0. The fraction of sp³-hybridized carbons (Fsp3) is 0.346. The SMILES string of the molecule is CCC(CC)C(=O)Nc1cc(-c2ccc(OC)cc2OC)nc(-c2ccc(OC)cc2OC)n1. The predicted molar refractivity (Wildman–Crippen MR) is 132 cm³/mol. The Morgan fingerprint density at radius 2 is 1.35 bits per heavy atom. The molecule has 3 rings (SSSR count). The van der Waals surface area contributed by atoms with Gasteiger partial charge in [0.1, 0.15) is 28.8 Å². The molecule has 0 fully saturated rings. The highest BCUT2D eigenvalue weighted by molar-refractivity contribution is 5.92. The lowest BCUT2D eigenvalue weighted by Gasteiger charge is -2.16. The molecule has 8 heteroatoms. The Morgan fingerprint density at radius 1 is 0.794 bits per heavy atom. The molecule has 0 unspecified atom stereocenters. The molecular weight excluding hydrogens is 434 g/mol. The summed E-state index contributed by atoms with van der Waals surface area (Å²) in [6, 6.07) is 12.6. The topological polar surface area (TPSA) is 91.8 Å². The number of nitrogens with one attached hydrogen (secondary N) is 1. The minimum Gasteiger partial charge on any atom is -0.497 e. The molecule has 2 aromatic carbocycles. The Labute approximate surface area is 200 Å². The van der Waals surface area contributed by atoms with Gasteiger partial charge in [0.2, 0.25) is 5.91 Å². The van der Waals surface area contributed by atoms with Gasteiger partial charge in [-0.15, -0.1) is 0 Å². The zero-order valence-electron chi connectivity index (χ0n) is 20.5. The molecule has 0 saturated heterocycles. The van der Waals surface area contributed by atoms with E-state index >= 15 is 0 Å². The van der Waals surface area contributed by atoms with Crippen molar-refractivity contribution < 1.29 is 23.7 Å². The summed E-state index contributed by atoms with van der Waals surface area (Å²) < 4.78 is 21.8. The molecule has 34 heavy (non-hydrogen) atoms. The summed E-state index contributed by atoms with van der Waals surface area (Å²) >= 11 is 0. The highest BCUT2D eigenvalue weighted by Crippen LogP contribution is 2.37. The fourth-order valence-electron chi connectivity index (χ4n) is 3.65. The van der Waals surface area contributed by atoms with Crippen molar-refractivity contribution in [2.75, 3.05) is 33.8 Å². The number of nitrogens with zero attached hydrogens (tertiary/aromatic N) is 2. The number of anilines is 1. The minimum atomic E-state index is -0.104. The number of rotatable bonds is 10. The molecule has 0 aliphatic carbocycles. The average Bonchev–Trinajstić information content (AvgIpc) is 2.88. The van der Waals surface area contributed by atoms with Crippen LogP contribution in [0.3, 0.4) is 0 Å². The van der Waals surface area contributed by atoms with Crippen LogP contribution in [-0.4, -0.2) is 44.3 Å². The van der Waals surface area contributed by atoms with E-state index in [1.165, 1.54) is 0 Å². The predicted octanol–water partition coefficient (Wildman–Crippen LogP) is 5.22. The summed E-state index contributed by atoms with van der Waals surface area (Å²) in [7, 11) is 6.35. The number of carbonyl (C=O) groups is 1. The monoisotopic (exact) mass is 465 g/mol. The number of methoxy groups -OCH3 is 4. The first-order valence-corrected chi connectivity index (χ1v) is 11.1. The van der Waals surface area contributed by atoms with Gasteiger partial charge in [0.05, 0.1) is 39.7 Å². The average molecular weight is 466 g/mol. The number of benzene rings is 2. The quantitative estimate of drug-likeness (QED) is 0.439. The molecule has 0 saturated carbocycles. The van der Waals surface area contributed by atoms with Gasteiger partial charge >= 0.3 is 0 Å². The first-order valence-electron chi connectivity index (χ1n) is 11.1. The largest absolute Gasteiger partial charge is 0.497 e. The van der Waals surface area contributed by atoms with Gasteiger partial charge in [0.25, 0.3) is 0 Å². The van der Waals surface area contributed by atoms with Gasteiger partial charge in [-0.2, -0.15) is 0 Å². The molecule has 1 aromatic heterocycles. The van der Waals surface area contributed by atoms with Crippen LogP contribution in [0, 0.1) is 5.92 Å².